The maximum atomic E-state index is 12.3. The summed E-state index contributed by atoms with van der Waals surface area (Å²) in [4.78, 5) is 14.9. The van der Waals surface area contributed by atoms with E-state index in [2.05, 4.69) is 33.8 Å². The topological polar surface area (TPSA) is 52.8 Å². The van der Waals surface area contributed by atoms with Crippen molar-refractivity contribution in [1.29, 1.82) is 0 Å². The summed E-state index contributed by atoms with van der Waals surface area (Å²) >= 11 is 0. The van der Waals surface area contributed by atoms with Crippen LogP contribution < -0.4 is 19.9 Å². The summed E-state index contributed by atoms with van der Waals surface area (Å²) in [6, 6.07) is 7.46. The van der Waals surface area contributed by atoms with Crippen molar-refractivity contribution in [3.05, 3.63) is 91.9 Å². The number of ether oxygens (including phenoxy) is 1. The number of carboxylic acid groups (broad SMARTS) is 1. The fourth-order valence-electron chi connectivity index (χ4n) is 7.39. The van der Waals surface area contributed by atoms with Crippen LogP contribution in [-0.2, 0) is 6.42 Å². The second-order valence-corrected chi connectivity index (χ2v) is 10.9. The predicted molar refractivity (Wildman–Crippen MR) is 144 cm³/mol. The standard InChI is InChI=1S/C32H28N2O3/c35-32(36)22-9-2-1-8-21(22)27-23-10-4-15-34-16-6-12-25(29(23)34)31-26(27)18-20-17-19-7-3-13-33-14-5-11-24(28(19)33)30(20)37-31/h1-2,5,8-11,18H,3-4,6-7,12-17H2/p+1. The molecule has 2 aromatic rings. The Labute approximate surface area is 215 Å². The summed E-state index contributed by atoms with van der Waals surface area (Å²) in [7, 11) is 0. The van der Waals surface area contributed by atoms with E-state index in [1.807, 2.05) is 18.2 Å². The molecule has 0 aromatic heterocycles. The number of rotatable bonds is 2. The van der Waals surface area contributed by atoms with Crippen LogP contribution in [-0.4, -0.2) is 42.2 Å². The van der Waals surface area contributed by atoms with Gasteiger partial charge >= 0.3 is 5.97 Å². The van der Waals surface area contributed by atoms with Crippen LogP contribution in [0.5, 0.6) is 5.75 Å². The van der Waals surface area contributed by atoms with Gasteiger partial charge in [-0.1, -0.05) is 36.4 Å². The number of benzene rings is 2. The molecular weight excluding hydrogens is 460 g/mol. The molecule has 5 heteroatoms. The van der Waals surface area contributed by atoms with Crippen LogP contribution in [0.15, 0.2) is 64.6 Å². The number of hydrogen-bond donors (Lipinski definition) is 1. The zero-order chi connectivity index (χ0) is 24.7. The van der Waals surface area contributed by atoms with Gasteiger partial charge in [0.25, 0.3) is 0 Å². The number of carbonyl (C=O) groups is 1. The van der Waals surface area contributed by atoms with Gasteiger partial charge < -0.3 is 14.7 Å². The molecule has 37 heavy (non-hydrogen) atoms. The third-order valence-electron chi connectivity index (χ3n) is 8.83. The first-order valence-electron chi connectivity index (χ1n) is 13.6. The molecule has 0 saturated carbocycles. The molecule has 0 spiro atoms. The van der Waals surface area contributed by atoms with Gasteiger partial charge in [0.2, 0.25) is 5.36 Å². The number of aromatic carboxylic acids is 1. The van der Waals surface area contributed by atoms with E-state index in [1.165, 1.54) is 45.0 Å². The van der Waals surface area contributed by atoms with Crippen molar-refractivity contribution in [2.45, 2.75) is 38.5 Å². The zero-order valence-electron chi connectivity index (χ0n) is 20.8. The smallest absolute Gasteiger partial charge is 0.336 e. The molecular formula is C32H29N2O3+. The van der Waals surface area contributed by atoms with Crippen LogP contribution in [0.25, 0.3) is 23.3 Å². The number of allylic oxidation sites excluding steroid dienone is 3. The molecule has 1 aliphatic carbocycles. The highest BCUT2D eigenvalue weighted by Crippen LogP contribution is 2.48. The van der Waals surface area contributed by atoms with Crippen molar-refractivity contribution >= 4 is 18.1 Å². The first-order valence-corrected chi connectivity index (χ1v) is 13.6. The molecule has 0 amide bonds. The Hall–Kier alpha value is -3.86. The van der Waals surface area contributed by atoms with E-state index in [4.69, 9.17) is 4.74 Å². The third kappa shape index (κ3) is 2.97. The number of carboxylic acids is 1. The Kier molecular flexibility index (Phi) is 4.49. The summed E-state index contributed by atoms with van der Waals surface area (Å²) in [5.74, 6) is 1.04. The van der Waals surface area contributed by atoms with Crippen molar-refractivity contribution in [3.8, 4) is 16.9 Å². The Morgan fingerprint density at radius 2 is 2.03 bits per heavy atom. The second-order valence-electron chi connectivity index (χ2n) is 10.9. The molecule has 0 unspecified atom stereocenters. The molecule has 0 bridgehead atoms. The van der Waals surface area contributed by atoms with Gasteiger partial charge in [-0.2, -0.15) is 0 Å². The third-order valence-corrected chi connectivity index (χ3v) is 8.83. The monoisotopic (exact) mass is 489 g/mol. The molecule has 0 fully saturated rings. The van der Waals surface area contributed by atoms with Crippen molar-refractivity contribution in [2.24, 2.45) is 0 Å². The molecule has 5 nitrogen and oxygen atoms in total. The van der Waals surface area contributed by atoms with E-state index < -0.39 is 5.97 Å². The lowest BCUT2D eigenvalue weighted by atomic mass is 9.80. The van der Waals surface area contributed by atoms with Gasteiger partial charge in [-0.05, 0) is 49.0 Å². The molecule has 1 N–H and O–H groups in total. The van der Waals surface area contributed by atoms with Gasteiger partial charge in [0.15, 0.2) is 0 Å². The molecule has 5 aliphatic heterocycles. The summed E-state index contributed by atoms with van der Waals surface area (Å²) in [5.41, 5.74) is 9.82. The largest absolute Gasteiger partial charge is 0.478 e. The highest BCUT2D eigenvalue weighted by atomic mass is 16.5. The average molecular weight is 490 g/mol. The van der Waals surface area contributed by atoms with Crippen LogP contribution in [0.2, 0.25) is 0 Å². The highest BCUT2D eigenvalue weighted by molar-refractivity contribution is 5.98. The first-order chi connectivity index (χ1) is 18.2. The predicted octanol–water partition coefficient (Wildman–Crippen LogP) is 4.03. The highest BCUT2D eigenvalue weighted by Gasteiger charge is 2.38. The lowest BCUT2D eigenvalue weighted by Crippen LogP contribution is -2.50. The normalized spacial score (nSPS) is 20.8. The molecule has 0 saturated heterocycles. The molecule has 184 valence electrons. The van der Waals surface area contributed by atoms with E-state index in [9.17, 15) is 9.90 Å². The van der Waals surface area contributed by atoms with Gasteiger partial charge in [0, 0.05) is 53.9 Å². The fourth-order valence-corrected chi connectivity index (χ4v) is 7.39. The van der Waals surface area contributed by atoms with Gasteiger partial charge in [-0.25, -0.2) is 9.37 Å². The van der Waals surface area contributed by atoms with Crippen LogP contribution >= 0.6 is 0 Å². The van der Waals surface area contributed by atoms with Crippen molar-refractivity contribution in [1.82, 2.24) is 9.48 Å². The maximum Gasteiger partial charge on any atom is 0.336 e. The summed E-state index contributed by atoms with van der Waals surface area (Å²) < 4.78 is 9.51. The molecule has 0 radical (unpaired) electrons. The number of hydrogen-bond acceptors (Lipinski definition) is 3. The van der Waals surface area contributed by atoms with Crippen LogP contribution in [0, 0.1) is 0 Å². The Balaban J connectivity index is 1.47. The average Bonchev–Trinajstić information content (AvgIpc) is 2.93. The Morgan fingerprint density at radius 3 is 2.95 bits per heavy atom. The van der Waals surface area contributed by atoms with Gasteiger partial charge in [-0.15, -0.1) is 0 Å². The minimum absolute atomic E-state index is 0.344. The van der Waals surface area contributed by atoms with Crippen LogP contribution in [0.1, 0.15) is 53.6 Å². The Bertz CT molecular complexity index is 1690. The van der Waals surface area contributed by atoms with Crippen LogP contribution in [0.4, 0.5) is 0 Å². The van der Waals surface area contributed by atoms with Gasteiger partial charge in [-0.3, -0.25) is 0 Å². The molecule has 6 aliphatic rings. The summed E-state index contributed by atoms with van der Waals surface area (Å²) in [5, 5.41) is 12.6. The van der Waals surface area contributed by atoms with Gasteiger partial charge in [0.1, 0.15) is 24.6 Å². The first kappa shape index (κ1) is 21.2. The number of nitrogens with zero attached hydrogens (tertiary/aromatic N) is 2. The fraction of sp³-hybridized carbons (Fsp3) is 0.312. The SMILES string of the molecule is O=C(O)c1ccccc1-c1c2c(c3c4c1=CCC[N+]=4CCC3)OC1=C3C=CCN4CCCC(=C34)CC1=C2. The molecule has 5 heterocycles. The molecule has 0 atom stereocenters. The second kappa shape index (κ2) is 7.82. The molecule has 2 aromatic carbocycles. The van der Waals surface area contributed by atoms with E-state index in [1.54, 1.807) is 6.07 Å². The lowest BCUT2D eigenvalue weighted by Gasteiger charge is -2.41. The summed E-state index contributed by atoms with van der Waals surface area (Å²) in [6.45, 7) is 4.12. The van der Waals surface area contributed by atoms with Crippen molar-refractivity contribution in [2.75, 3.05) is 26.2 Å². The van der Waals surface area contributed by atoms with Crippen molar-refractivity contribution < 1.29 is 14.6 Å². The maximum absolute atomic E-state index is 12.3. The quantitative estimate of drug-likeness (QED) is 0.648. The van der Waals surface area contributed by atoms with Crippen molar-refractivity contribution in [3.63, 3.8) is 0 Å². The van der Waals surface area contributed by atoms with E-state index >= 15 is 0 Å². The number of fused-ring (bicyclic) bond motifs is 3. The minimum atomic E-state index is -0.892. The van der Waals surface area contributed by atoms with Crippen LogP contribution in [0.3, 0.4) is 0 Å². The minimum Gasteiger partial charge on any atom is -0.478 e. The van der Waals surface area contributed by atoms with E-state index in [0.717, 1.165) is 86.5 Å². The van der Waals surface area contributed by atoms with Gasteiger partial charge in [0.05, 0.1) is 16.3 Å². The molecule has 8 rings (SSSR count). The van der Waals surface area contributed by atoms with E-state index in [-0.39, 0.29) is 0 Å². The lowest BCUT2D eigenvalue weighted by molar-refractivity contribution is 0.0697. The Morgan fingerprint density at radius 1 is 1.11 bits per heavy atom. The van der Waals surface area contributed by atoms with E-state index in [0.29, 0.717) is 5.56 Å². The zero-order valence-corrected chi connectivity index (χ0v) is 20.8. The summed E-state index contributed by atoms with van der Waals surface area (Å²) in [6.07, 6.45) is 15.5.